The maximum atomic E-state index is 11.6. The minimum Gasteiger partial charge on any atom is -0.343 e. The molecule has 1 aromatic heterocycles. The second-order valence-electron chi connectivity index (χ2n) is 3.15. The molecule has 0 aromatic carbocycles. The Morgan fingerprint density at radius 1 is 1.40 bits per heavy atom. The molecule has 1 rings (SSSR count). The number of nitrogens with one attached hydrogen (secondary N) is 1. The number of hydrogen-bond acceptors (Lipinski definition) is 3. The maximum absolute atomic E-state index is 11.6. The summed E-state index contributed by atoms with van der Waals surface area (Å²) < 4.78 is 0. The zero-order valence-electron chi connectivity index (χ0n) is 8.99. The Hall–Kier alpha value is -1.65. The van der Waals surface area contributed by atoms with E-state index in [1.807, 2.05) is 13.8 Å². The van der Waals surface area contributed by atoms with Crippen LogP contribution in [0.4, 0.5) is 0 Å². The highest BCUT2D eigenvalue weighted by Gasteiger charge is 2.16. The normalized spacial score (nSPS) is 10.0. The van der Waals surface area contributed by atoms with Crippen molar-refractivity contribution in [2.75, 3.05) is 13.1 Å². The molecule has 82 valence electrons. The van der Waals surface area contributed by atoms with Crippen molar-refractivity contribution < 1.29 is 9.59 Å². The number of Topliss-reactive ketones (excluding diaryl/α,β-unsaturated/α-hetero) is 1. The first kappa shape index (κ1) is 11.4. The van der Waals surface area contributed by atoms with Gasteiger partial charge in [-0.25, -0.2) is 0 Å². The Morgan fingerprint density at radius 2 is 2.07 bits per heavy atom. The van der Waals surface area contributed by atoms with Gasteiger partial charge in [0.1, 0.15) is 0 Å². The monoisotopic (exact) mass is 209 g/mol. The van der Waals surface area contributed by atoms with Gasteiger partial charge in [-0.15, -0.1) is 0 Å². The first-order valence-electron chi connectivity index (χ1n) is 4.98. The predicted molar refractivity (Wildman–Crippen MR) is 55.5 cm³/mol. The van der Waals surface area contributed by atoms with Gasteiger partial charge in [-0.05, 0) is 13.8 Å². The molecule has 0 saturated carbocycles. The van der Waals surface area contributed by atoms with Crippen molar-refractivity contribution in [3.05, 3.63) is 18.0 Å². The van der Waals surface area contributed by atoms with Crippen molar-refractivity contribution in [3.63, 3.8) is 0 Å². The van der Waals surface area contributed by atoms with Crippen molar-refractivity contribution in [3.8, 4) is 0 Å². The molecule has 15 heavy (non-hydrogen) atoms. The standard InChI is InChI=1S/C10H15N3O2/c1-3-13(4-2)10(15)5-9(14)8-6-11-12-7-8/h6-7H,3-5H2,1-2H3,(H,11,12). The van der Waals surface area contributed by atoms with Gasteiger partial charge in [0.25, 0.3) is 0 Å². The smallest absolute Gasteiger partial charge is 0.230 e. The van der Waals surface area contributed by atoms with Crippen LogP contribution in [0.25, 0.3) is 0 Å². The molecular formula is C10H15N3O2. The summed E-state index contributed by atoms with van der Waals surface area (Å²) in [5.74, 6) is -0.327. The van der Waals surface area contributed by atoms with E-state index in [4.69, 9.17) is 0 Å². The van der Waals surface area contributed by atoms with Gasteiger partial charge in [0.2, 0.25) is 5.91 Å². The fraction of sp³-hybridized carbons (Fsp3) is 0.500. The van der Waals surface area contributed by atoms with E-state index in [1.54, 1.807) is 4.90 Å². The molecule has 1 aromatic rings. The summed E-state index contributed by atoms with van der Waals surface area (Å²) in [6, 6.07) is 0. The maximum Gasteiger partial charge on any atom is 0.230 e. The van der Waals surface area contributed by atoms with Gasteiger partial charge in [0.05, 0.1) is 18.2 Å². The third kappa shape index (κ3) is 2.90. The lowest BCUT2D eigenvalue weighted by Crippen LogP contribution is -2.31. The van der Waals surface area contributed by atoms with Crippen molar-refractivity contribution >= 4 is 11.7 Å². The van der Waals surface area contributed by atoms with Crippen molar-refractivity contribution in [1.29, 1.82) is 0 Å². The summed E-state index contributed by atoms with van der Waals surface area (Å²) >= 11 is 0. The van der Waals surface area contributed by atoms with Crippen LogP contribution in [0.15, 0.2) is 12.4 Å². The quantitative estimate of drug-likeness (QED) is 0.577. The van der Waals surface area contributed by atoms with Crippen LogP contribution >= 0.6 is 0 Å². The molecule has 0 spiro atoms. The van der Waals surface area contributed by atoms with Crippen molar-refractivity contribution in [1.82, 2.24) is 15.1 Å². The van der Waals surface area contributed by atoms with E-state index < -0.39 is 0 Å². The number of ketones is 1. The molecule has 0 aliphatic carbocycles. The highest BCUT2D eigenvalue weighted by atomic mass is 16.2. The van der Waals surface area contributed by atoms with E-state index >= 15 is 0 Å². The van der Waals surface area contributed by atoms with Gasteiger partial charge in [-0.1, -0.05) is 0 Å². The minimum atomic E-state index is -0.194. The van der Waals surface area contributed by atoms with Gasteiger partial charge in [0, 0.05) is 19.3 Å². The second-order valence-corrected chi connectivity index (χ2v) is 3.15. The number of carbonyl (C=O) groups is 2. The lowest BCUT2D eigenvalue weighted by molar-refractivity contribution is -0.129. The fourth-order valence-electron chi connectivity index (χ4n) is 1.33. The van der Waals surface area contributed by atoms with Crippen LogP contribution in [-0.2, 0) is 4.79 Å². The summed E-state index contributed by atoms with van der Waals surface area (Å²) in [6.07, 6.45) is 2.84. The first-order chi connectivity index (χ1) is 7.19. The van der Waals surface area contributed by atoms with Crippen LogP contribution in [-0.4, -0.2) is 39.9 Å². The van der Waals surface area contributed by atoms with E-state index in [0.29, 0.717) is 18.7 Å². The topological polar surface area (TPSA) is 66.1 Å². The molecule has 5 heteroatoms. The second kappa shape index (κ2) is 5.29. The molecule has 1 heterocycles. The fourth-order valence-corrected chi connectivity index (χ4v) is 1.33. The number of nitrogens with zero attached hydrogens (tertiary/aromatic N) is 2. The van der Waals surface area contributed by atoms with Crippen molar-refractivity contribution in [2.24, 2.45) is 0 Å². The number of carbonyl (C=O) groups excluding carboxylic acids is 2. The lowest BCUT2D eigenvalue weighted by atomic mass is 10.1. The average molecular weight is 209 g/mol. The molecule has 0 fully saturated rings. The molecular weight excluding hydrogens is 194 g/mol. The van der Waals surface area contributed by atoms with Gasteiger partial charge >= 0.3 is 0 Å². The van der Waals surface area contributed by atoms with Crippen LogP contribution in [0.3, 0.4) is 0 Å². The molecule has 1 N–H and O–H groups in total. The van der Waals surface area contributed by atoms with E-state index in [2.05, 4.69) is 10.2 Å². The highest BCUT2D eigenvalue weighted by Crippen LogP contribution is 2.02. The molecule has 0 aliphatic rings. The summed E-state index contributed by atoms with van der Waals surface area (Å²) in [5, 5.41) is 6.21. The Bertz CT molecular complexity index is 328. The Kier molecular flexibility index (Phi) is 4.03. The molecule has 0 atom stereocenters. The van der Waals surface area contributed by atoms with Crippen LogP contribution in [0.1, 0.15) is 30.6 Å². The Labute approximate surface area is 88.5 Å². The first-order valence-corrected chi connectivity index (χ1v) is 4.98. The number of aromatic nitrogens is 2. The van der Waals surface area contributed by atoms with E-state index in [-0.39, 0.29) is 18.1 Å². The number of rotatable bonds is 5. The van der Waals surface area contributed by atoms with Crippen LogP contribution in [0.5, 0.6) is 0 Å². The highest BCUT2D eigenvalue weighted by molar-refractivity contribution is 6.07. The van der Waals surface area contributed by atoms with Crippen molar-refractivity contribution in [2.45, 2.75) is 20.3 Å². The average Bonchev–Trinajstić information content (AvgIpc) is 2.72. The summed E-state index contributed by atoms with van der Waals surface area (Å²) in [4.78, 5) is 24.8. The molecule has 0 unspecified atom stereocenters. The largest absolute Gasteiger partial charge is 0.343 e. The molecule has 0 saturated heterocycles. The number of amides is 1. The van der Waals surface area contributed by atoms with Gasteiger partial charge in [-0.2, -0.15) is 5.10 Å². The van der Waals surface area contributed by atoms with Crippen LogP contribution < -0.4 is 0 Å². The third-order valence-corrected chi connectivity index (χ3v) is 2.25. The summed E-state index contributed by atoms with van der Waals surface area (Å²) in [5.41, 5.74) is 0.454. The summed E-state index contributed by atoms with van der Waals surface area (Å²) in [7, 11) is 0. The van der Waals surface area contributed by atoms with Crippen LogP contribution in [0, 0.1) is 0 Å². The third-order valence-electron chi connectivity index (χ3n) is 2.25. The van der Waals surface area contributed by atoms with E-state index in [1.165, 1.54) is 12.4 Å². The predicted octanol–water partition coefficient (Wildman–Crippen LogP) is 0.851. The van der Waals surface area contributed by atoms with Crippen LogP contribution in [0.2, 0.25) is 0 Å². The number of hydrogen-bond donors (Lipinski definition) is 1. The molecule has 5 nitrogen and oxygen atoms in total. The molecule has 0 aliphatic heterocycles. The number of H-pyrrole nitrogens is 1. The SMILES string of the molecule is CCN(CC)C(=O)CC(=O)c1cn[nH]c1. The lowest BCUT2D eigenvalue weighted by Gasteiger charge is -2.17. The molecule has 0 radical (unpaired) electrons. The van der Waals surface area contributed by atoms with Gasteiger partial charge in [0.15, 0.2) is 5.78 Å². The Morgan fingerprint density at radius 3 is 2.53 bits per heavy atom. The van der Waals surface area contributed by atoms with Gasteiger partial charge < -0.3 is 4.90 Å². The molecule has 0 bridgehead atoms. The zero-order valence-corrected chi connectivity index (χ0v) is 8.99. The number of aromatic amines is 1. The summed E-state index contributed by atoms with van der Waals surface area (Å²) in [6.45, 7) is 5.05. The van der Waals surface area contributed by atoms with E-state index in [9.17, 15) is 9.59 Å². The zero-order chi connectivity index (χ0) is 11.3. The van der Waals surface area contributed by atoms with Gasteiger partial charge in [-0.3, -0.25) is 14.7 Å². The minimum absolute atomic E-state index is 0.0821. The Balaban J connectivity index is 2.55. The molecule has 1 amide bonds. The van der Waals surface area contributed by atoms with E-state index in [0.717, 1.165) is 0 Å².